The molecule has 1 fully saturated rings. The number of amides is 1. The molecule has 2 aromatic rings. The Labute approximate surface area is 138 Å². The lowest BCUT2D eigenvalue weighted by Gasteiger charge is -2.38. The first-order chi connectivity index (χ1) is 11.3. The van der Waals surface area contributed by atoms with E-state index in [1.807, 2.05) is 0 Å². The Morgan fingerprint density at radius 1 is 1.21 bits per heavy atom. The van der Waals surface area contributed by atoms with Gasteiger partial charge in [0.2, 0.25) is 0 Å². The zero-order valence-electron chi connectivity index (χ0n) is 13.6. The number of rotatable bonds is 2. The number of likely N-dealkylation sites (tertiary alicyclic amines) is 1. The zero-order valence-corrected chi connectivity index (χ0v) is 13.6. The first-order valence-corrected chi connectivity index (χ1v) is 7.85. The van der Waals surface area contributed by atoms with Crippen LogP contribution in [0.3, 0.4) is 0 Å². The van der Waals surface area contributed by atoms with Crippen molar-refractivity contribution in [2.24, 2.45) is 0 Å². The van der Waals surface area contributed by atoms with E-state index in [-0.39, 0.29) is 43.2 Å². The lowest BCUT2D eigenvalue weighted by atomic mass is 9.83. The first kappa shape index (κ1) is 16.6. The molecular formula is C18H19F2NO3. The Hall–Kier alpha value is -2.21. The Morgan fingerprint density at radius 3 is 2.29 bits per heavy atom. The minimum Gasteiger partial charge on any atom is -0.456 e. The molecule has 1 aromatic heterocycles. The summed E-state index contributed by atoms with van der Waals surface area (Å²) in [5.74, 6) is -0.881. The van der Waals surface area contributed by atoms with Crippen molar-refractivity contribution >= 4 is 5.91 Å². The Kier molecular flexibility index (Phi) is 4.17. The van der Waals surface area contributed by atoms with Crippen LogP contribution in [0.4, 0.5) is 8.78 Å². The van der Waals surface area contributed by atoms with Crippen molar-refractivity contribution in [3.63, 3.8) is 0 Å². The molecule has 1 N–H and O–H groups in total. The average molecular weight is 335 g/mol. The number of hydrogen-bond donors (Lipinski definition) is 1. The highest BCUT2D eigenvalue weighted by molar-refractivity contribution is 5.93. The van der Waals surface area contributed by atoms with Crippen LogP contribution in [0.15, 0.2) is 28.7 Å². The van der Waals surface area contributed by atoms with E-state index in [0.717, 1.165) is 17.7 Å². The highest BCUT2D eigenvalue weighted by Gasteiger charge is 2.40. The second-order valence-electron chi connectivity index (χ2n) is 6.29. The summed E-state index contributed by atoms with van der Waals surface area (Å²) in [6, 6.07) is 5.30. The maximum Gasteiger partial charge on any atom is 0.289 e. The van der Waals surface area contributed by atoms with E-state index in [4.69, 9.17) is 4.42 Å². The fourth-order valence-corrected chi connectivity index (χ4v) is 3.27. The topological polar surface area (TPSA) is 53.7 Å². The van der Waals surface area contributed by atoms with Gasteiger partial charge < -0.3 is 14.4 Å². The van der Waals surface area contributed by atoms with Gasteiger partial charge in [0.1, 0.15) is 17.4 Å². The SMILES string of the molecule is Cc1cc(C)c(C(=O)N2CCC(O)(c3c(F)cccc3F)CC2)o1. The smallest absolute Gasteiger partial charge is 0.289 e. The monoisotopic (exact) mass is 335 g/mol. The third-order valence-corrected chi connectivity index (χ3v) is 4.54. The van der Waals surface area contributed by atoms with E-state index in [1.165, 1.54) is 6.07 Å². The van der Waals surface area contributed by atoms with Crippen molar-refractivity contribution in [2.45, 2.75) is 32.3 Å². The maximum atomic E-state index is 14.0. The summed E-state index contributed by atoms with van der Waals surface area (Å²) in [4.78, 5) is 14.1. The second-order valence-corrected chi connectivity index (χ2v) is 6.29. The molecule has 128 valence electrons. The van der Waals surface area contributed by atoms with Gasteiger partial charge in [-0.2, -0.15) is 0 Å². The minimum atomic E-state index is -1.61. The van der Waals surface area contributed by atoms with Gasteiger partial charge in [0.05, 0.1) is 11.2 Å². The molecule has 0 bridgehead atoms. The van der Waals surface area contributed by atoms with Crippen LogP contribution in [0.1, 0.15) is 40.3 Å². The largest absolute Gasteiger partial charge is 0.456 e. The third kappa shape index (κ3) is 2.82. The molecule has 0 spiro atoms. The van der Waals surface area contributed by atoms with Gasteiger partial charge in [0.15, 0.2) is 5.76 Å². The molecule has 0 aliphatic carbocycles. The van der Waals surface area contributed by atoms with E-state index >= 15 is 0 Å². The average Bonchev–Trinajstić information content (AvgIpc) is 2.85. The van der Waals surface area contributed by atoms with Gasteiger partial charge in [-0.25, -0.2) is 8.78 Å². The van der Waals surface area contributed by atoms with Crippen molar-refractivity contribution in [2.75, 3.05) is 13.1 Å². The van der Waals surface area contributed by atoms with Crippen molar-refractivity contribution in [1.82, 2.24) is 4.90 Å². The van der Waals surface area contributed by atoms with Crippen molar-refractivity contribution in [3.8, 4) is 0 Å². The van der Waals surface area contributed by atoms with Gasteiger partial charge in [-0.1, -0.05) is 6.07 Å². The van der Waals surface area contributed by atoms with Crippen LogP contribution in [0.25, 0.3) is 0 Å². The lowest BCUT2D eigenvalue weighted by molar-refractivity contribution is -0.0268. The van der Waals surface area contributed by atoms with Crippen LogP contribution in [0.2, 0.25) is 0 Å². The van der Waals surface area contributed by atoms with E-state index in [2.05, 4.69) is 0 Å². The highest BCUT2D eigenvalue weighted by atomic mass is 19.1. The quantitative estimate of drug-likeness (QED) is 0.916. The summed E-state index contributed by atoms with van der Waals surface area (Å²) in [5.41, 5.74) is -1.18. The summed E-state index contributed by atoms with van der Waals surface area (Å²) in [6.45, 7) is 3.95. The predicted molar refractivity (Wildman–Crippen MR) is 83.6 cm³/mol. The second kappa shape index (κ2) is 6.02. The Bertz CT molecular complexity index is 756. The van der Waals surface area contributed by atoms with Crippen LogP contribution < -0.4 is 0 Å². The molecule has 1 aromatic carbocycles. The predicted octanol–water partition coefficient (Wildman–Crippen LogP) is 3.30. The van der Waals surface area contributed by atoms with Gasteiger partial charge in [0, 0.05) is 18.7 Å². The van der Waals surface area contributed by atoms with Crippen LogP contribution >= 0.6 is 0 Å². The molecule has 1 aliphatic rings. The van der Waals surface area contributed by atoms with E-state index in [1.54, 1.807) is 24.8 Å². The molecule has 0 atom stereocenters. The summed E-state index contributed by atoms with van der Waals surface area (Å²) in [6.07, 6.45) is 0.130. The number of aliphatic hydroxyl groups is 1. The molecule has 2 heterocycles. The Balaban J connectivity index is 1.78. The highest BCUT2D eigenvalue weighted by Crippen LogP contribution is 2.36. The fourth-order valence-electron chi connectivity index (χ4n) is 3.27. The van der Waals surface area contributed by atoms with Crippen LogP contribution in [-0.4, -0.2) is 29.0 Å². The van der Waals surface area contributed by atoms with Crippen molar-refractivity contribution in [3.05, 3.63) is 58.5 Å². The van der Waals surface area contributed by atoms with Gasteiger partial charge in [-0.15, -0.1) is 0 Å². The molecule has 1 aliphatic heterocycles. The summed E-state index contributed by atoms with van der Waals surface area (Å²) in [7, 11) is 0. The Morgan fingerprint density at radius 2 is 1.79 bits per heavy atom. The van der Waals surface area contributed by atoms with Crippen LogP contribution in [-0.2, 0) is 5.60 Å². The normalized spacial score (nSPS) is 17.1. The van der Waals surface area contributed by atoms with Crippen molar-refractivity contribution < 1.29 is 23.1 Å². The maximum absolute atomic E-state index is 14.0. The van der Waals surface area contributed by atoms with E-state index in [9.17, 15) is 18.7 Å². The summed E-state index contributed by atoms with van der Waals surface area (Å²) >= 11 is 0. The number of nitrogens with zero attached hydrogens (tertiary/aromatic N) is 1. The number of hydrogen-bond acceptors (Lipinski definition) is 3. The molecular weight excluding hydrogens is 316 g/mol. The number of carbonyl (C=O) groups excluding carboxylic acids is 1. The fraction of sp³-hybridized carbons (Fsp3) is 0.389. The molecule has 6 heteroatoms. The zero-order chi connectivity index (χ0) is 17.5. The van der Waals surface area contributed by atoms with Crippen LogP contribution in [0.5, 0.6) is 0 Å². The third-order valence-electron chi connectivity index (χ3n) is 4.54. The lowest BCUT2D eigenvalue weighted by Crippen LogP contribution is -2.46. The van der Waals surface area contributed by atoms with Gasteiger partial charge in [-0.3, -0.25) is 4.79 Å². The standard InChI is InChI=1S/C18H19F2NO3/c1-11-10-12(2)24-16(11)17(22)21-8-6-18(23,7-9-21)15-13(19)4-3-5-14(15)20/h3-5,10,23H,6-9H2,1-2H3. The summed E-state index contributed by atoms with van der Waals surface area (Å²) in [5, 5.41) is 10.7. The first-order valence-electron chi connectivity index (χ1n) is 7.85. The molecule has 4 nitrogen and oxygen atoms in total. The van der Waals surface area contributed by atoms with E-state index < -0.39 is 17.2 Å². The molecule has 0 saturated carbocycles. The minimum absolute atomic E-state index is 0.0648. The van der Waals surface area contributed by atoms with Crippen LogP contribution in [0, 0.1) is 25.5 Å². The van der Waals surface area contributed by atoms with E-state index in [0.29, 0.717) is 5.76 Å². The number of aryl methyl sites for hydroxylation is 2. The summed E-state index contributed by atoms with van der Waals surface area (Å²) < 4.78 is 33.4. The number of carbonyl (C=O) groups is 1. The molecule has 1 saturated heterocycles. The molecule has 24 heavy (non-hydrogen) atoms. The number of halogens is 2. The molecule has 0 unspecified atom stereocenters. The van der Waals surface area contributed by atoms with Gasteiger partial charge >= 0.3 is 0 Å². The number of piperidine rings is 1. The number of furan rings is 1. The van der Waals surface area contributed by atoms with Gasteiger partial charge in [0.25, 0.3) is 5.91 Å². The number of benzene rings is 1. The molecule has 1 amide bonds. The van der Waals surface area contributed by atoms with Crippen molar-refractivity contribution in [1.29, 1.82) is 0 Å². The molecule has 0 radical (unpaired) electrons. The molecule has 3 rings (SSSR count). The van der Waals surface area contributed by atoms with Gasteiger partial charge in [-0.05, 0) is 44.9 Å².